The molecular weight excluding hydrogens is 544 g/mol. The van der Waals surface area contributed by atoms with E-state index in [1.807, 2.05) is 24.3 Å². The number of aliphatic carboxylic acids is 1. The predicted molar refractivity (Wildman–Crippen MR) is 156 cm³/mol. The van der Waals surface area contributed by atoms with Crippen LogP contribution in [0.25, 0.3) is 28.3 Å². The first-order valence-corrected chi connectivity index (χ1v) is 13.3. The molecule has 0 bridgehead atoms. The average Bonchev–Trinajstić information content (AvgIpc) is 3.48. The third kappa shape index (κ3) is 6.44. The Morgan fingerprint density at radius 1 is 0.878 bits per heavy atom. The van der Waals surface area contributed by atoms with E-state index >= 15 is 0 Å². The number of hydrogen-bond acceptors (Lipinski definition) is 9. The van der Waals surface area contributed by atoms with Gasteiger partial charge in [0.1, 0.15) is 23.0 Å². The lowest BCUT2D eigenvalue weighted by Crippen LogP contribution is -1.99. The summed E-state index contributed by atoms with van der Waals surface area (Å²) in [6.45, 7) is 0.349. The largest absolute Gasteiger partial charge is 0.497 e. The quantitative estimate of drug-likeness (QED) is 0.136. The Kier molecular flexibility index (Phi) is 8.40. The number of fused-ring (bicyclic) bond motifs is 1. The number of rotatable bonds is 11. The van der Waals surface area contributed by atoms with Crippen molar-refractivity contribution < 1.29 is 33.3 Å². The van der Waals surface area contributed by atoms with Crippen LogP contribution < -0.4 is 18.9 Å². The molecule has 0 saturated carbocycles. The molecule has 5 rings (SSSR count). The van der Waals surface area contributed by atoms with Crippen LogP contribution in [-0.4, -0.2) is 42.6 Å². The van der Waals surface area contributed by atoms with Crippen LogP contribution in [0.1, 0.15) is 11.1 Å². The molecule has 41 heavy (non-hydrogen) atoms. The van der Waals surface area contributed by atoms with Gasteiger partial charge in [-0.15, -0.1) is 10.2 Å². The molecule has 1 heterocycles. The first-order chi connectivity index (χ1) is 20.0. The molecule has 0 radical (unpaired) electrons. The van der Waals surface area contributed by atoms with Crippen molar-refractivity contribution >= 4 is 34.6 Å². The Morgan fingerprint density at radius 2 is 1.63 bits per heavy atom. The number of benzene rings is 4. The van der Waals surface area contributed by atoms with E-state index in [2.05, 4.69) is 28.4 Å². The van der Waals surface area contributed by atoms with Crippen molar-refractivity contribution in [1.82, 2.24) is 10.2 Å². The highest BCUT2D eigenvalue weighted by Gasteiger charge is 2.18. The highest BCUT2D eigenvalue weighted by molar-refractivity contribution is 8.03. The van der Waals surface area contributed by atoms with Crippen LogP contribution in [-0.2, 0) is 11.4 Å². The molecule has 1 N–H and O–H groups in total. The molecule has 0 aliphatic carbocycles. The molecule has 4 aromatic carbocycles. The van der Waals surface area contributed by atoms with Gasteiger partial charge in [-0.3, -0.25) is 0 Å². The minimum atomic E-state index is -1.15. The number of carboxylic acid groups (broad SMARTS) is 1. The van der Waals surface area contributed by atoms with Gasteiger partial charge < -0.3 is 28.5 Å². The monoisotopic (exact) mass is 570 g/mol. The van der Waals surface area contributed by atoms with E-state index in [-0.39, 0.29) is 16.0 Å². The maximum absolute atomic E-state index is 12.1. The molecule has 10 heteroatoms. The van der Waals surface area contributed by atoms with Gasteiger partial charge in [-0.1, -0.05) is 48.5 Å². The van der Waals surface area contributed by atoms with Gasteiger partial charge in [0.05, 0.1) is 21.3 Å². The lowest BCUT2D eigenvalue weighted by atomic mass is 10.1. The van der Waals surface area contributed by atoms with Gasteiger partial charge in [0.2, 0.25) is 5.89 Å². The van der Waals surface area contributed by atoms with E-state index < -0.39 is 5.97 Å². The first-order valence-electron chi connectivity index (χ1n) is 12.4. The van der Waals surface area contributed by atoms with Crippen LogP contribution in [0.3, 0.4) is 0 Å². The van der Waals surface area contributed by atoms with Gasteiger partial charge >= 0.3 is 5.97 Å². The fourth-order valence-electron chi connectivity index (χ4n) is 4.15. The highest BCUT2D eigenvalue weighted by atomic mass is 32.2. The van der Waals surface area contributed by atoms with Crippen molar-refractivity contribution in [1.29, 1.82) is 0 Å². The zero-order valence-electron chi connectivity index (χ0n) is 22.5. The maximum atomic E-state index is 12.1. The van der Waals surface area contributed by atoms with Gasteiger partial charge in [0, 0.05) is 11.6 Å². The van der Waals surface area contributed by atoms with Crippen LogP contribution in [0.4, 0.5) is 0 Å². The van der Waals surface area contributed by atoms with E-state index in [0.717, 1.165) is 28.1 Å². The predicted octanol–water partition coefficient (Wildman–Crippen LogP) is 6.71. The summed E-state index contributed by atoms with van der Waals surface area (Å²) in [5, 5.41) is 20.2. The van der Waals surface area contributed by atoms with Crippen molar-refractivity contribution in [2.75, 3.05) is 21.3 Å². The summed E-state index contributed by atoms with van der Waals surface area (Å²) < 4.78 is 27.9. The van der Waals surface area contributed by atoms with E-state index in [1.54, 1.807) is 36.4 Å². The molecule has 0 saturated heterocycles. The van der Waals surface area contributed by atoms with Gasteiger partial charge in [-0.05, 0) is 64.0 Å². The minimum absolute atomic E-state index is 0.0186. The third-order valence-electron chi connectivity index (χ3n) is 6.16. The topological polar surface area (TPSA) is 113 Å². The minimum Gasteiger partial charge on any atom is -0.497 e. The van der Waals surface area contributed by atoms with E-state index in [9.17, 15) is 9.90 Å². The van der Waals surface area contributed by atoms with Crippen molar-refractivity contribution in [2.45, 2.75) is 11.8 Å². The fraction of sp³-hybridized carbons (Fsp3) is 0.129. The molecule has 0 unspecified atom stereocenters. The molecule has 0 aliphatic rings. The van der Waals surface area contributed by atoms with Crippen molar-refractivity contribution in [2.24, 2.45) is 0 Å². The van der Waals surface area contributed by atoms with Crippen molar-refractivity contribution in [3.8, 4) is 34.5 Å². The lowest BCUT2D eigenvalue weighted by Gasteiger charge is -2.13. The summed E-state index contributed by atoms with van der Waals surface area (Å²) in [6.07, 6.45) is 1.50. The van der Waals surface area contributed by atoms with Crippen LogP contribution in [0.5, 0.6) is 23.0 Å². The number of methoxy groups -OCH3 is 3. The average molecular weight is 571 g/mol. The van der Waals surface area contributed by atoms with E-state index in [4.69, 9.17) is 23.4 Å². The molecule has 0 amide bonds. The molecule has 0 atom stereocenters. The maximum Gasteiger partial charge on any atom is 0.342 e. The standard InChI is InChI=1S/C31H26N2O7S/c1-36-23-15-22(16-24(17-23)37-2)29-32-33-31(40-29)41-28(30(34)35)14-19-11-12-26(27(13-19)38-3)39-18-21-9-6-8-20-7-4-5-10-25(20)21/h4-17H,18H2,1-3H3,(H,34,35)/b28-14-. The van der Waals surface area contributed by atoms with Crippen LogP contribution in [0, 0.1) is 0 Å². The Morgan fingerprint density at radius 3 is 2.37 bits per heavy atom. The fourth-order valence-corrected chi connectivity index (χ4v) is 4.82. The summed E-state index contributed by atoms with van der Waals surface area (Å²) in [5.74, 6) is 1.17. The number of hydrogen-bond donors (Lipinski definition) is 1. The van der Waals surface area contributed by atoms with Crippen LogP contribution >= 0.6 is 11.8 Å². The molecule has 0 fully saturated rings. The summed E-state index contributed by atoms with van der Waals surface area (Å²) in [6, 6.07) is 24.6. The summed E-state index contributed by atoms with van der Waals surface area (Å²) in [5.41, 5.74) is 2.22. The zero-order chi connectivity index (χ0) is 28.8. The van der Waals surface area contributed by atoms with Gasteiger partial charge in [0.15, 0.2) is 11.5 Å². The molecule has 0 aliphatic heterocycles. The number of ether oxygens (including phenoxy) is 4. The molecule has 5 aromatic rings. The normalized spacial score (nSPS) is 11.3. The molecule has 0 spiro atoms. The summed E-state index contributed by atoms with van der Waals surface area (Å²) in [4.78, 5) is 12.1. The summed E-state index contributed by atoms with van der Waals surface area (Å²) >= 11 is 0.840. The third-order valence-corrected chi connectivity index (χ3v) is 7.01. The summed E-state index contributed by atoms with van der Waals surface area (Å²) in [7, 11) is 4.61. The van der Waals surface area contributed by atoms with Crippen molar-refractivity contribution in [3.63, 3.8) is 0 Å². The Bertz CT molecular complexity index is 1700. The zero-order valence-corrected chi connectivity index (χ0v) is 23.3. The van der Waals surface area contributed by atoms with Crippen LogP contribution in [0.15, 0.2) is 93.4 Å². The van der Waals surface area contributed by atoms with Gasteiger partial charge in [0.25, 0.3) is 5.22 Å². The Labute approximate surface area is 240 Å². The molecule has 208 valence electrons. The van der Waals surface area contributed by atoms with Gasteiger partial charge in [-0.25, -0.2) is 4.79 Å². The number of carbonyl (C=O) groups is 1. The number of aromatic nitrogens is 2. The van der Waals surface area contributed by atoms with E-state index in [1.165, 1.54) is 27.4 Å². The smallest absolute Gasteiger partial charge is 0.342 e. The van der Waals surface area contributed by atoms with Crippen LogP contribution in [0.2, 0.25) is 0 Å². The number of carboxylic acids is 1. The molecular formula is C31H26N2O7S. The number of thioether (sulfide) groups is 1. The second-order valence-electron chi connectivity index (χ2n) is 8.73. The Hall–Kier alpha value is -4.96. The lowest BCUT2D eigenvalue weighted by molar-refractivity contribution is -0.131. The second kappa shape index (κ2) is 12.5. The highest BCUT2D eigenvalue weighted by Crippen LogP contribution is 2.35. The Balaban J connectivity index is 1.34. The van der Waals surface area contributed by atoms with Gasteiger partial charge in [-0.2, -0.15) is 0 Å². The molecule has 1 aromatic heterocycles. The molecule has 9 nitrogen and oxygen atoms in total. The van der Waals surface area contributed by atoms with Crippen molar-refractivity contribution in [3.05, 3.63) is 94.9 Å². The van der Waals surface area contributed by atoms with E-state index in [0.29, 0.717) is 40.7 Å². The SMILES string of the molecule is COc1cc(OC)cc(-c2nnc(S/C(=C\c3ccc(OCc4cccc5ccccc45)c(OC)c3)C(=O)O)o2)c1. The number of nitrogens with zero attached hydrogens (tertiary/aromatic N) is 2. The second-order valence-corrected chi connectivity index (χ2v) is 9.72. The first kappa shape index (κ1) is 27.6.